The molecule has 1 atom stereocenters. The van der Waals surface area contributed by atoms with Gasteiger partial charge in [0.05, 0.1) is 5.52 Å². The predicted molar refractivity (Wildman–Crippen MR) is 85.4 cm³/mol. The monoisotopic (exact) mass is 269 g/mol. The predicted octanol–water partition coefficient (Wildman–Crippen LogP) is 3.12. The van der Waals surface area contributed by atoms with Crippen LogP contribution in [0.2, 0.25) is 0 Å². The van der Waals surface area contributed by atoms with Gasteiger partial charge in [-0.3, -0.25) is 4.98 Å². The van der Waals surface area contributed by atoms with E-state index in [1.165, 1.54) is 30.5 Å². The Morgan fingerprint density at radius 1 is 1.35 bits per heavy atom. The molecule has 1 aliphatic rings. The number of anilines is 1. The SMILES string of the molecule is CCN(CC1CCCN1)c1cc(C)nc2ccccc12. The Bertz CT molecular complexity index is 588. The molecule has 0 bridgehead atoms. The van der Waals surface area contributed by atoms with Crippen LogP contribution < -0.4 is 10.2 Å². The maximum atomic E-state index is 4.64. The van der Waals surface area contributed by atoms with Crippen molar-refractivity contribution in [2.75, 3.05) is 24.5 Å². The number of likely N-dealkylation sites (N-methyl/N-ethyl adjacent to an activating group) is 1. The normalized spacial score (nSPS) is 18.6. The van der Waals surface area contributed by atoms with Crippen LogP contribution in [0.1, 0.15) is 25.5 Å². The standard InChI is InChI=1S/C17H23N3/c1-3-20(12-14-7-6-10-18-14)17-11-13(2)19-16-9-5-4-8-15(16)17/h4-5,8-9,11,14,18H,3,6-7,10,12H2,1-2H3. The molecule has 1 fully saturated rings. The fourth-order valence-electron chi connectivity index (χ4n) is 3.12. The number of pyridine rings is 1. The van der Waals surface area contributed by atoms with Crippen LogP contribution in [-0.4, -0.2) is 30.7 Å². The van der Waals surface area contributed by atoms with E-state index in [0.717, 1.165) is 24.3 Å². The Hall–Kier alpha value is -1.61. The van der Waals surface area contributed by atoms with Crippen LogP contribution in [-0.2, 0) is 0 Å². The molecule has 2 aromatic rings. The van der Waals surface area contributed by atoms with Crippen LogP contribution in [0, 0.1) is 6.92 Å². The van der Waals surface area contributed by atoms with E-state index in [0.29, 0.717) is 6.04 Å². The highest BCUT2D eigenvalue weighted by atomic mass is 15.2. The topological polar surface area (TPSA) is 28.2 Å². The summed E-state index contributed by atoms with van der Waals surface area (Å²) < 4.78 is 0. The smallest absolute Gasteiger partial charge is 0.0726 e. The first-order chi connectivity index (χ1) is 9.78. The summed E-state index contributed by atoms with van der Waals surface area (Å²) in [6.07, 6.45) is 2.59. The largest absolute Gasteiger partial charge is 0.370 e. The van der Waals surface area contributed by atoms with E-state index in [-0.39, 0.29) is 0 Å². The van der Waals surface area contributed by atoms with Gasteiger partial charge in [0.25, 0.3) is 0 Å². The molecule has 3 heteroatoms. The molecule has 3 rings (SSSR count). The lowest BCUT2D eigenvalue weighted by atomic mass is 10.1. The van der Waals surface area contributed by atoms with Gasteiger partial charge in [-0.25, -0.2) is 0 Å². The zero-order chi connectivity index (χ0) is 13.9. The number of aromatic nitrogens is 1. The van der Waals surface area contributed by atoms with Crippen LogP contribution >= 0.6 is 0 Å². The Morgan fingerprint density at radius 3 is 2.95 bits per heavy atom. The Balaban J connectivity index is 1.97. The highest BCUT2D eigenvalue weighted by Gasteiger charge is 2.18. The zero-order valence-electron chi connectivity index (χ0n) is 12.4. The molecule has 1 N–H and O–H groups in total. The fourth-order valence-corrected chi connectivity index (χ4v) is 3.12. The lowest BCUT2D eigenvalue weighted by Gasteiger charge is -2.28. The van der Waals surface area contributed by atoms with Crippen molar-refractivity contribution in [2.24, 2.45) is 0 Å². The molecule has 1 saturated heterocycles. The number of para-hydroxylation sites is 1. The minimum Gasteiger partial charge on any atom is -0.370 e. The first kappa shape index (κ1) is 13.4. The average Bonchev–Trinajstić information content (AvgIpc) is 2.97. The van der Waals surface area contributed by atoms with Gasteiger partial charge in [0.15, 0.2) is 0 Å². The summed E-state index contributed by atoms with van der Waals surface area (Å²) in [5.74, 6) is 0. The molecule has 3 nitrogen and oxygen atoms in total. The van der Waals surface area contributed by atoms with Gasteiger partial charge in [-0.1, -0.05) is 18.2 Å². The van der Waals surface area contributed by atoms with E-state index in [9.17, 15) is 0 Å². The van der Waals surface area contributed by atoms with Crippen LogP contribution in [0.25, 0.3) is 10.9 Å². The molecule has 1 aromatic carbocycles. The summed E-state index contributed by atoms with van der Waals surface area (Å²) in [5.41, 5.74) is 3.51. The summed E-state index contributed by atoms with van der Waals surface area (Å²) in [5, 5.41) is 4.86. The van der Waals surface area contributed by atoms with Crippen molar-refractivity contribution in [3.05, 3.63) is 36.0 Å². The van der Waals surface area contributed by atoms with Gasteiger partial charge in [0.2, 0.25) is 0 Å². The van der Waals surface area contributed by atoms with Crippen molar-refractivity contribution in [1.82, 2.24) is 10.3 Å². The van der Waals surface area contributed by atoms with Crippen LogP contribution in [0.4, 0.5) is 5.69 Å². The molecule has 0 spiro atoms. The number of hydrogen-bond donors (Lipinski definition) is 1. The summed E-state index contributed by atoms with van der Waals surface area (Å²) in [6, 6.07) is 11.3. The van der Waals surface area contributed by atoms with Crippen molar-refractivity contribution in [2.45, 2.75) is 32.7 Å². The molecular weight excluding hydrogens is 246 g/mol. The molecule has 0 saturated carbocycles. The van der Waals surface area contributed by atoms with Gasteiger partial charge in [-0.05, 0) is 45.4 Å². The van der Waals surface area contributed by atoms with Gasteiger partial charge in [-0.15, -0.1) is 0 Å². The molecule has 0 amide bonds. The third kappa shape index (κ3) is 2.63. The van der Waals surface area contributed by atoms with Crippen LogP contribution in [0.3, 0.4) is 0 Å². The fraction of sp³-hybridized carbons (Fsp3) is 0.471. The highest BCUT2D eigenvalue weighted by Crippen LogP contribution is 2.27. The zero-order valence-corrected chi connectivity index (χ0v) is 12.4. The first-order valence-corrected chi connectivity index (χ1v) is 7.62. The summed E-state index contributed by atoms with van der Waals surface area (Å²) in [4.78, 5) is 7.13. The van der Waals surface area contributed by atoms with E-state index in [1.54, 1.807) is 0 Å². The van der Waals surface area contributed by atoms with Crippen molar-refractivity contribution in [3.63, 3.8) is 0 Å². The number of hydrogen-bond acceptors (Lipinski definition) is 3. The Morgan fingerprint density at radius 2 is 2.20 bits per heavy atom. The average molecular weight is 269 g/mol. The van der Waals surface area contributed by atoms with E-state index in [4.69, 9.17) is 0 Å². The van der Waals surface area contributed by atoms with Gasteiger partial charge in [0, 0.05) is 35.9 Å². The van der Waals surface area contributed by atoms with Crippen molar-refractivity contribution in [3.8, 4) is 0 Å². The molecule has 106 valence electrons. The van der Waals surface area contributed by atoms with E-state index < -0.39 is 0 Å². The molecule has 20 heavy (non-hydrogen) atoms. The lowest BCUT2D eigenvalue weighted by molar-refractivity contribution is 0.587. The van der Waals surface area contributed by atoms with Gasteiger partial charge < -0.3 is 10.2 Å². The molecule has 1 aromatic heterocycles. The molecular formula is C17H23N3. The van der Waals surface area contributed by atoms with Gasteiger partial charge in [-0.2, -0.15) is 0 Å². The molecule has 0 aliphatic carbocycles. The minimum absolute atomic E-state index is 0.627. The molecule has 1 aliphatic heterocycles. The van der Waals surface area contributed by atoms with Gasteiger partial charge in [0.1, 0.15) is 0 Å². The number of benzene rings is 1. The summed E-state index contributed by atoms with van der Waals surface area (Å²) in [6.45, 7) is 7.60. The van der Waals surface area contributed by atoms with Crippen molar-refractivity contribution < 1.29 is 0 Å². The second-order valence-electron chi connectivity index (χ2n) is 5.63. The molecule has 2 heterocycles. The quantitative estimate of drug-likeness (QED) is 0.924. The summed E-state index contributed by atoms with van der Waals surface area (Å²) in [7, 11) is 0. The first-order valence-electron chi connectivity index (χ1n) is 7.62. The molecule has 0 radical (unpaired) electrons. The van der Waals surface area contributed by atoms with Crippen molar-refractivity contribution in [1.29, 1.82) is 0 Å². The second kappa shape index (κ2) is 5.80. The Kier molecular flexibility index (Phi) is 3.88. The molecule has 1 unspecified atom stereocenters. The van der Waals surface area contributed by atoms with Crippen LogP contribution in [0.15, 0.2) is 30.3 Å². The number of nitrogens with one attached hydrogen (secondary N) is 1. The maximum Gasteiger partial charge on any atom is 0.0726 e. The van der Waals surface area contributed by atoms with Gasteiger partial charge >= 0.3 is 0 Å². The third-order valence-electron chi connectivity index (χ3n) is 4.15. The van der Waals surface area contributed by atoms with E-state index in [2.05, 4.69) is 59.4 Å². The summed E-state index contributed by atoms with van der Waals surface area (Å²) >= 11 is 0. The van der Waals surface area contributed by atoms with E-state index in [1.807, 2.05) is 0 Å². The number of fused-ring (bicyclic) bond motifs is 1. The Labute approximate surface area is 121 Å². The van der Waals surface area contributed by atoms with E-state index >= 15 is 0 Å². The number of nitrogens with zero attached hydrogens (tertiary/aromatic N) is 2. The second-order valence-corrected chi connectivity index (χ2v) is 5.63. The number of aryl methyl sites for hydroxylation is 1. The third-order valence-corrected chi connectivity index (χ3v) is 4.15. The highest BCUT2D eigenvalue weighted by molar-refractivity contribution is 5.91. The van der Waals surface area contributed by atoms with Crippen molar-refractivity contribution >= 4 is 16.6 Å². The maximum absolute atomic E-state index is 4.64. The van der Waals surface area contributed by atoms with Crippen LogP contribution in [0.5, 0.6) is 0 Å². The number of rotatable bonds is 4. The minimum atomic E-state index is 0.627. The lowest BCUT2D eigenvalue weighted by Crippen LogP contribution is -2.37.